The first kappa shape index (κ1) is 20.2. The lowest BCUT2D eigenvalue weighted by Gasteiger charge is -2.13. The van der Waals surface area contributed by atoms with Crippen LogP contribution < -0.4 is 10.9 Å². The summed E-state index contributed by atoms with van der Waals surface area (Å²) >= 11 is 0. The fraction of sp³-hybridized carbons (Fsp3) is 0.0909. The molecule has 33 heavy (non-hydrogen) atoms. The first-order chi connectivity index (χ1) is 16.2. The highest BCUT2D eigenvalue weighted by Crippen LogP contribution is 2.25. The van der Waals surface area contributed by atoms with Crippen LogP contribution in [0.2, 0.25) is 0 Å². The summed E-state index contributed by atoms with van der Waals surface area (Å²) < 4.78 is 17.6. The number of aromatic nitrogens is 8. The molecule has 3 aromatic heterocycles. The van der Waals surface area contributed by atoms with Crippen molar-refractivity contribution < 1.29 is 4.39 Å². The number of anilines is 2. The predicted molar refractivity (Wildman–Crippen MR) is 118 cm³/mol. The number of halogens is 1. The van der Waals surface area contributed by atoms with Gasteiger partial charge in [0.25, 0.3) is 5.56 Å². The van der Waals surface area contributed by atoms with Crippen LogP contribution in [0.15, 0.2) is 78.1 Å². The smallest absolute Gasteiger partial charge is 0.298 e. The Morgan fingerprint density at radius 3 is 2.64 bits per heavy atom. The van der Waals surface area contributed by atoms with Gasteiger partial charge in [-0.25, -0.2) is 14.1 Å². The molecule has 0 unspecified atom stereocenters. The van der Waals surface area contributed by atoms with Crippen molar-refractivity contribution in [3.63, 3.8) is 0 Å². The molecule has 0 amide bonds. The monoisotopic (exact) mass is 443 g/mol. The molecule has 0 saturated heterocycles. The molecule has 0 aliphatic carbocycles. The molecular formula is C22H18FN9O. The maximum atomic E-state index is 14.6. The molecule has 11 heteroatoms. The maximum Gasteiger partial charge on any atom is 0.298 e. The lowest BCUT2D eigenvalue weighted by atomic mass is 10.1. The summed E-state index contributed by atoms with van der Waals surface area (Å²) in [5, 5.41) is 20.9. The number of tetrazole rings is 1. The molecule has 0 radical (unpaired) electrons. The van der Waals surface area contributed by atoms with Crippen LogP contribution in [0, 0.1) is 5.82 Å². The van der Waals surface area contributed by atoms with Crippen molar-refractivity contribution in [1.29, 1.82) is 0 Å². The van der Waals surface area contributed by atoms with Crippen LogP contribution in [0.4, 0.5) is 15.9 Å². The summed E-state index contributed by atoms with van der Waals surface area (Å²) in [6.07, 6.45) is 7.73. The Kier molecular flexibility index (Phi) is 5.42. The second-order valence-electron chi connectivity index (χ2n) is 7.16. The SMILES string of the molecule is O=c1c(Nc2c(F)cccc2-n2cccn2)nccn1-c1ccc(CCc2nn[nH]n2)cc1. The number of hydrogen-bond acceptors (Lipinski definition) is 7. The fourth-order valence-corrected chi connectivity index (χ4v) is 3.43. The molecule has 0 fully saturated rings. The number of H-pyrrole nitrogens is 1. The lowest BCUT2D eigenvalue weighted by Crippen LogP contribution is -2.22. The molecule has 0 spiro atoms. The maximum absolute atomic E-state index is 14.6. The fourth-order valence-electron chi connectivity index (χ4n) is 3.43. The summed E-state index contributed by atoms with van der Waals surface area (Å²) in [5.74, 6) is 0.116. The van der Waals surface area contributed by atoms with Gasteiger partial charge in [0.15, 0.2) is 11.6 Å². The van der Waals surface area contributed by atoms with Crippen molar-refractivity contribution in [1.82, 2.24) is 40.0 Å². The summed E-state index contributed by atoms with van der Waals surface area (Å²) in [6.45, 7) is 0. The third-order valence-electron chi connectivity index (χ3n) is 5.07. The third kappa shape index (κ3) is 4.24. The van der Waals surface area contributed by atoms with Gasteiger partial charge in [0.2, 0.25) is 0 Å². The Morgan fingerprint density at radius 1 is 1.00 bits per heavy atom. The van der Waals surface area contributed by atoms with E-state index >= 15 is 0 Å². The van der Waals surface area contributed by atoms with Gasteiger partial charge in [0.05, 0.1) is 5.69 Å². The Hall–Kier alpha value is -4.67. The Labute approximate surface area is 186 Å². The normalized spacial score (nSPS) is 10.9. The van der Waals surface area contributed by atoms with Gasteiger partial charge in [-0.05, 0) is 42.3 Å². The van der Waals surface area contributed by atoms with Crippen LogP contribution in [0.5, 0.6) is 0 Å². The standard InChI is InChI=1S/C22H18FN9O/c23-17-3-1-4-18(32-13-2-11-25-32)20(17)26-21-22(33)31(14-12-24-21)16-8-5-15(6-9-16)7-10-19-27-29-30-28-19/h1-6,8-9,11-14H,7,10H2,(H,24,26)(H,27,28,29,30). The van der Waals surface area contributed by atoms with Gasteiger partial charge in [-0.1, -0.05) is 23.4 Å². The average molecular weight is 443 g/mol. The quantitative estimate of drug-likeness (QED) is 0.397. The Bertz CT molecular complexity index is 1410. The molecule has 2 aromatic carbocycles. The van der Waals surface area contributed by atoms with Gasteiger partial charge >= 0.3 is 0 Å². The van der Waals surface area contributed by atoms with Gasteiger partial charge < -0.3 is 5.32 Å². The van der Waals surface area contributed by atoms with Crippen LogP contribution >= 0.6 is 0 Å². The Balaban J connectivity index is 1.41. The second kappa shape index (κ2) is 8.83. The first-order valence-electron chi connectivity index (χ1n) is 10.1. The van der Waals surface area contributed by atoms with Gasteiger partial charge in [-0.2, -0.15) is 10.3 Å². The van der Waals surface area contributed by atoms with Crippen LogP contribution in [-0.4, -0.2) is 40.0 Å². The minimum Gasteiger partial charge on any atom is -0.331 e. The van der Waals surface area contributed by atoms with Crippen molar-refractivity contribution in [3.8, 4) is 11.4 Å². The molecule has 0 aliphatic rings. The largest absolute Gasteiger partial charge is 0.331 e. The van der Waals surface area contributed by atoms with E-state index in [1.165, 1.54) is 21.5 Å². The molecule has 0 atom stereocenters. The molecule has 2 N–H and O–H groups in total. The molecule has 10 nitrogen and oxygen atoms in total. The van der Waals surface area contributed by atoms with Gasteiger partial charge in [0.1, 0.15) is 11.5 Å². The molecule has 5 rings (SSSR count). The van der Waals surface area contributed by atoms with E-state index < -0.39 is 11.4 Å². The van der Waals surface area contributed by atoms with Crippen LogP contribution in [0.1, 0.15) is 11.4 Å². The Morgan fingerprint density at radius 2 is 1.88 bits per heavy atom. The molecule has 0 bridgehead atoms. The molecule has 164 valence electrons. The number of nitrogens with zero attached hydrogens (tertiary/aromatic N) is 7. The van der Waals surface area contributed by atoms with Crippen LogP contribution in [0.3, 0.4) is 0 Å². The number of benzene rings is 2. The van der Waals surface area contributed by atoms with Crippen molar-refractivity contribution in [2.45, 2.75) is 12.8 Å². The number of para-hydroxylation sites is 1. The summed E-state index contributed by atoms with van der Waals surface area (Å²) in [5.41, 5.74) is 1.89. The predicted octanol–water partition coefficient (Wildman–Crippen LogP) is 2.60. The van der Waals surface area contributed by atoms with Crippen molar-refractivity contribution in [2.24, 2.45) is 0 Å². The van der Waals surface area contributed by atoms with Crippen molar-refractivity contribution >= 4 is 11.5 Å². The average Bonchev–Trinajstić information content (AvgIpc) is 3.55. The molecule has 3 heterocycles. The minimum atomic E-state index is -0.523. The highest BCUT2D eigenvalue weighted by atomic mass is 19.1. The number of aromatic amines is 1. The van der Waals surface area contributed by atoms with Gasteiger partial charge in [-0.15, -0.1) is 10.2 Å². The molecular weight excluding hydrogens is 425 g/mol. The van der Waals surface area contributed by atoms with E-state index in [1.54, 1.807) is 36.8 Å². The molecule has 0 aliphatic heterocycles. The summed E-state index contributed by atoms with van der Waals surface area (Å²) in [7, 11) is 0. The van der Waals surface area contributed by atoms with E-state index in [4.69, 9.17) is 0 Å². The number of aryl methyl sites for hydroxylation is 2. The van der Waals surface area contributed by atoms with E-state index in [9.17, 15) is 9.18 Å². The summed E-state index contributed by atoms with van der Waals surface area (Å²) in [4.78, 5) is 17.3. The van der Waals surface area contributed by atoms with E-state index in [0.29, 0.717) is 23.6 Å². The zero-order valence-electron chi connectivity index (χ0n) is 17.3. The summed E-state index contributed by atoms with van der Waals surface area (Å²) in [6, 6.07) is 13.9. The van der Waals surface area contributed by atoms with E-state index in [0.717, 1.165) is 12.0 Å². The van der Waals surface area contributed by atoms with Gasteiger partial charge in [-0.3, -0.25) is 9.36 Å². The van der Waals surface area contributed by atoms with Crippen molar-refractivity contribution in [3.05, 3.63) is 101 Å². The lowest BCUT2D eigenvalue weighted by molar-refractivity contribution is 0.629. The minimum absolute atomic E-state index is 0.00260. The molecule has 5 aromatic rings. The third-order valence-corrected chi connectivity index (χ3v) is 5.07. The highest BCUT2D eigenvalue weighted by Gasteiger charge is 2.14. The molecule has 0 saturated carbocycles. The van der Waals surface area contributed by atoms with E-state index in [1.807, 2.05) is 24.3 Å². The zero-order valence-corrected chi connectivity index (χ0v) is 17.3. The second-order valence-corrected chi connectivity index (χ2v) is 7.16. The van der Waals surface area contributed by atoms with Gasteiger partial charge in [0, 0.05) is 36.9 Å². The number of rotatable bonds is 7. The van der Waals surface area contributed by atoms with Crippen LogP contribution in [-0.2, 0) is 12.8 Å². The number of hydrogen-bond donors (Lipinski definition) is 2. The number of nitrogens with one attached hydrogen (secondary N) is 2. The van der Waals surface area contributed by atoms with E-state index in [2.05, 4.69) is 36.0 Å². The van der Waals surface area contributed by atoms with Crippen LogP contribution in [0.25, 0.3) is 11.4 Å². The highest BCUT2D eigenvalue weighted by molar-refractivity contribution is 5.67. The first-order valence-corrected chi connectivity index (χ1v) is 10.1. The topological polar surface area (TPSA) is 119 Å². The zero-order chi connectivity index (χ0) is 22.6. The van der Waals surface area contributed by atoms with E-state index in [-0.39, 0.29) is 11.5 Å². The van der Waals surface area contributed by atoms with Crippen molar-refractivity contribution in [2.75, 3.05) is 5.32 Å².